The van der Waals surface area contributed by atoms with Gasteiger partial charge in [0.25, 0.3) is 0 Å². The van der Waals surface area contributed by atoms with Crippen molar-refractivity contribution in [2.24, 2.45) is 5.92 Å². The third-order valence-electron chi connectivity index (χ3n) is 5.56. The van der Waals surface area contributed by atoms with E-state index in [1.54, 1.807) is 24.5 Å². The number of hydrogen-bond acceptors (Lipinski definition) is 4. The summed E-state index contributed by atoms with van der Waals surface area (Å²) in [5.41, 5.74) is 1.53. The predicted molar refractivity (Wildman–Crippen MR) is 96.5 cm³/mol. The van der Waals surface area contributed by atoms with Crippen LogP contribution in [0.3, 0.4) is 0 Å². The maximum Gasteiger partial charge on any atom is 0.573 e. The molecule has 4 nitrogen and oxygen atoms in total. The van der Waals surface area contributed by atoms with E-state index in [0.29, 0.717) is 6.04 Å². The molecule has 2 heterocycles. The third kappa shape index (κ3) is 4.17. The number of hydrogen-bond donors (Lipinski definition) is 0. The summed E-state index contributed by atoms with van der Waals surface area (Å²) >= 11 is 0. The van der Waals surface area contributed by atoms with Gasteiger partial charge in [-0.3, -0.25) is 0 Å². The van der Waals surface area contributed by atoms with Gasteiger partial charge in [0.2, 0.25) is 5.95 Å². The normalized spacial score (nSPS) is 23.0. The van der Waals surface area contributed by atoms with Gasteiger partial charge in [-0.15, -0.1) is 13.2 Å². The van der Waals surface area contributed by atoms with Crippen LogP contribution < -0.4 is 9.64 Å². The molecule has 1 aliphatic heterocycles. The summed E-state index contributed by atoms with van der Waals surface area (Å²) in [6.07, 6.45) is 6.37. The van der Waals surface area contributed by atoms with Gasteiger partial charge in [0.05, 0.1) is 0 Å². The molecule has 4 rings (SSSR count). The van der Waals surface area contributed by atoms with E-state index >= 15 is 0 Å². The molecule has 1 aliphatic carbocycles. The van der Waals surface area contributed by atoms with Crippen LogP contribution in [0.1, 0.15) is 38.5 Å². The number of piperidine rings is 1. The summed E-state index contributed by atoms with van der Waals surface area (Å²) in [7, 11) is 0. The fourth-order valence-corrected chi connectivity index (χ4v) is 4.34. The van der Waals surface area contributed by atoms with Gasteiger partial charge in [-0.1, -0.05) is 25.0 Å². The Kier molecular flexibility index (Phi) is 4.93. The molecule has 0 spiro atoms. The molecule has 0 amide bonds. The highest BCUT2D eigenvalue weighted by atomic mass is 19.4. The van der Waals surface area contributed by atoms with Crippen molar-refractivity contribution < 1.29 is 17.9 Å². The van der Waals surface area contributed by atoms with E-state index in [1.807, 2.05) is 0 Å². The molecular weight excluding hydrogens is 355 g/mol. The van der Waals surface area contributed by atoms with Crippen LogP contribution in [-0.2, 0) is 0 Å². The second kappa shape index (κ2) is 7.37. The average Bonchev–Trinajstić information content (AvgIpc) is 2.67. The topological polar surface area (TPSA) is 38.2 Å². The molecule has 1 saturated heterocycles. The average molecular weight is 377 g/mol. The van der Waals surface area contributed by atoms with Crippen molar-refractivity contribution in [3.05, 3.63) is 36.7 Å². The molecule has 1 aromatic heterocycles. The maximum atomic E-state index is 12.3. The van der Waals surface area contributed by atoms with Gasteiger partial charge < -0.3 is 9.64 Å². The minimum Gasteiger partial charge on any atom is -0.406 e. The first-order valence-corrected chi connectivity index (χ1v) is 9.44. The molecular formula is C20H22F3N3O. The summed E-state index contributed by atoms with van der Waals surface area (Å²) < 4.78 is 40.7. The Bertz CT molecular complexity index is 760. The van der Waals surface area contributed by atoms with Crippen LogP contribution in [0.25, 0.3) is 11.1 Å². The number of alkyl halides is 3. The van der Waals surface area contributed by atoms with Crippen LogP contribution in [0.15, 0.2) is 36.7 Å². The monoisotopic (exact) mass is 377 g/mol. The van der Waals surface area contributed by atoms with E-state index in [1.165, 1.54) is 50.7 Å². The fraction of sp³-hybridized carbons (Fsp3) is 0.500. The number of halogens is 3. The number of rotatable bonds is 3. The van der Waals surface area contributed by atoms with E-state index < -0.39 is 6.36 Å². The van der Waals surface area contributed by atoms with Crippen molar-refractivity contribution in [3.8, 4) is 16.9 Å². The second-order valence-corrected chi connectivity index (χ2v) is 7.29. The molecule has 144 valence electrons. The molecule has 2 unspecified atom stereocenters. The van der Waals surface area contributed by atoms with Crippen LogP contribution >= 0.6 is 0 Å². The zero-order chi connectivity index (χ0) is 18.9. The number of anilines is 1. The first-order valence-electron chi connectivity index (χ1n) is 9.44. The highest BCUT2D eigenvalue weighted by Crippen LogP contribution is 2.37. The van der Waals surface area contributed by atoms with E-state index in [4.69, 9.17) is 0 Å². The number of fused-ring (bicyclic) bond motifs is 1. The maximum absolute atomic E-state index is 12.3. The molecule has 27 heavy (non-hydrogen) atoms. The Labute approximate surface area is 156 Å². The van der Waals surface area contributed by atoms with Crippen molar-refractivity contribution in [2.45, 2.75) is 50.9 Å². The molecule has 1 saturated carbocycles. The van der Waals surface area contributed by atoms with Crippen LogP contribution in [0, 0.1) is 5.92 Å². The Morgan fingerprint density at radius 2 is 1.56 bits per heavy atom. The largest absolute Gasteiger partial charge is 0.573 e. The van der Waals surface area contributed by atoms with Gasteiger partial charge in [-0.25, -0.2) is 9.97 Å². The summed E-state index contributed by atoms with van der Waals surface area (Å²) in [5.74, 6) is 1.27. The van der Waals surface area contributed by atoms with E-state index in [-0.39, 0.29) is 5.75 Å². The number of nitrogens with zero attached hydrogens (tertiary/aromatic N) is 3. The summed E-state index contributed by atoms with van der Waals surface area (Å²) in [5, 5.41) is 0. The van der Waals surface area contributed by atoms with Gasteiger partial charge in [-0.05, 0) is 49.3 Å². The Morgan fingerprint density at radius 3 is 2.26 bits per heavy atom. The van der Waals surface area contributed by atoms with Gasteiger partial charge in [0, 0.05) is 30.5 Å². The lowest BCUT2D eigenvalue weighted by Crippen LogP contribution is -2.47. The van der Waals surface area contributed by atoms with Crippen LogP contribution in [0.5, 0.6) is 5.75 Å². The summed E-state index contributed by atoms with van der Waals surface area (Å²) in [6, 6.07) is 6.30. The van der Waals surface area contributed by atoms with Gasteiger partial charge in [0.1, 0.15) is 5.75 Å². The lowest BCUT2D eigenvalue weighted by Gasteiger charge is -2.44. The van der Waals surface area contributed by atoms with Crippen LogP contribution in [-0.4, -0.2) is 28.9 Å². The van der Waals surface area contributed by atoms with E-state index in [9.17, 15) is 13.2 Å². The molecule has 2 aromatic rings. The van der Waals surface area contributed by atoms with Crippen molar-refractivity contribution >= 4 is 5.95 Å². The molecule has 0 N–H and O–H groups in total. The Morgan fingerprint density at radius 1 is 0.889 bits per heavy atom. The lowest BCUT2D eigenvalue weighted by molar-refractivity contribution is -0.274. The first kappa shape index (κ1) is 18.1. The number of aromatic nitrogens is 2. The van der Waals surface area contributed by atoms with Crippen LogP contribution in [0.2, 0.25) is 0 Å². The minimum atomic E-state index is -4.68. The Hall–Kier alpha value is -2.31. The van der Waals surface area contributed by atoms with Crippen molar-refractivity contribution in [2.75, 3.05) is 11.4 Å². The fourth-order valence-electron chi connectivity index (χ4n) is 4.34. The number of benzene rings is 1. The van der Waals surface area contributed by atoms with Crippen LogP contribution in [0.4, 0.5) is 19.1 Å². The first-order chi connectivity index (χ1) is 13.0. The predicted octanol–water partition coefficient (Wildman–Crippen LogP) is 5.20. The zero-order valence-corrected chi connectivity index (χ0v) is 15.0. The quantitative estimate of drug-likeness (QED) is 0.737. The molecule has 2 atom stereocenters. The zero-order valence-electron chi connectivity index (χ0n) is 15.0. The highest BCUT2D eigenvalue weighted by Gasteiger charge is 2.34. The third-order valence-corrected chi connectivity index (χ3v) is 5.56. The molecule has 1 aromatic carbocycles. The van der Waals surface area contributed by atoms with Gasteiger partial charge in [-0.2, -0.15) is 0 Å². The number of ether oxygens (including phenoxy) is 1. The van der Waals surface area contributed by atoms with Gasteiger partial charge in [0.15, 0.2) is 0 Å². The molecule has 0 bridgehead atoms. The summed E-state index contributed by atoms with van der Waals surface area (Å²) in [4.78, 5) is 11.5. The van der Waals surface area contributed by atoms with Gasteiger partial charge >= 0.3 is 6.36 Å². The molecule has 2 aliphatic rings. The molecule has 7 heteroatoms. The highest BCUT2D eigenvalue weighted by molar-refractivity contribution is 5.63. The standard InChI is InChI=1S/C20H22F3N3O/c21-20(22,23)27-17-9-7-14(8-10-17)16-12-24-19(25-13-16)26-11-3-5-15-4-1-2-6-18(15)26/h7-10,12-13,15,18H,1-6,11H2. The Balaban J connectivity index is 1.48. The lowest BCUT2D eigenvalue weighted by atomic mass is 9.78. The minimum absolute atomic E-state index is 0.236. The molecule has 0 radical (unpaired) electrons. The van der Waals surface area contributed by atoms with E-state index in [0.717, 1.165) is 29.5 Å². The smallest absolute Gasteiger partial charge is 0.406 e. The molecule has 2 fully saturated rings. The van der Waals surface area contributed by atoms with Crippen molar-refractivity contribution in [1.82, 2.24) is 9.97 Å². The van der Waals surface area contributed by atoms with E-state index in [2.05, 4.69) is 19.6 Å². The second-order valence-electron chi connectivity index (χ2n) is 7.29. The van der Waals surface area contributed by atoms with Crippen molar-refractivity contribution in [3.63, 3.8) is 0 Å². The SMILES string of the molecule is FC(F)(F)Oc1ccc(-c2cnc(N3CCCC4CCCCC43)nc2)cc1. The summed E-state index contributed by atoms with van der Waals surface area (Å²) in [6.45, 7) is 0.990. The van der Waals surface area contributed by atoms with Crippen molar-refractivity contribution in [1.29, 1.82) is 0 Å².